The molecule has 0 atom stereocenters. The Kier molecular flexibility index (Phi) is 6.93. The van der Waals surface area contributed by atoms with E-state index in [1.54, 1.807) is 29.6 Å². The fourth-order valence-electron chi connectivity index (χ4n) is 3.28. The molecule has 31 heavy (non-hydrogen) atoms. The number of carbonyl (C=O) groups is 1. The van der Waals surface area contributed by atoms with E-state index in [4.69, 9.17) is 34.8 Å². The normalized spacial score (nSPS) is 15.8. The van der Waals surface area contributed by atoms with E-state index in [1.807, 2.05) is 0 Å². The molecule has 0 aliphatic carbocycles. The molecule has 0 bridgehead atoms. The van der Waals surface area contributed by atoms with Gasteiger partial charge < -0.3 is 5.32 Å². The zero-order valence-electron chi connectivity index (χ0n) is 15.8. The van der Waals surface area contributed by atoms with Crippen molar-refractivity contribution in [3.63, 3.8) is 0 Å². The van der Waals surface area contributed by atoms with Crippen LogP contribution in [0.1, 0.15) is 12.8 Å². The number of anilines is 1. The van der Waals surface area contributed by atoms with Crippen molar-refractivity contribution in [3.05, 3.63) is 50.1 Å². The summed E-state index contributed by atoms with van der Waals surface area (Å²) in [7, 11) is -3.58. The van der Waals surface area contributed by atoms with E-state index >= 15 is 0 Å². The van der Waals surface area contributed by atoms with Crippen LogP contribution in [0.4, 0.5) is 5.13 Å². The summed E-state index contributed by atoms with van der Waals surface area (Å²) in [6.07, 6.45) is 0.866. The number of nitrogens with one attached hydrogen (secondary N) is 1. The molecule has 3 heterocycles. The van der Waals surface area contributed by atoms with Gasteiger partial charge in [-0.15, -0.1) is 22.7 Å². The van der Waals surface area contributed by atoms with E-state index in [1.165, 1.54) is 21.7 Å². The van der Waals surface area contributed by atoms with E-state index in [-0.39, 0.29) is 29.1 Å². The van der Waals surface area contributed by atoms with Crippen molar-refractivity contribution < 1.29 is 13.2 Å². The zero-order valence-corrected chi connectivity index (χ0v) is 20.6. The summed E-state index contributed by atoms with van der Waals surface area (Å²) >= 11 is 20.5. The highest BCUT2D eigenvalue weighted by Gasteiger charge is 2.33. The number of nitrogens with zero attached hydrogens (tertiary/aromatic N) is 2. The molecule has 6 nitrogen and oxygen atoms in total. The molecule has 1 amide bonds. The highest BCUT2D eigenvalue weighted by molar-refractivity contribution is 7.91. The first kappa shape index (κ1) is 23.0. The minimum atomic E-state index is -3.58. The fourth-order valence-corrected chi connectivity index (χ4v) is 7.48. The van der Waals surface area contributed by atoms with Crippen molar-refractivity contribution in [3.8, 4) is 11.3 Å². The van der Waals surface area contributed by atoms with E-state index in [0.29, 0.717) is 43.6 Å². The highest BCUT2D eigenvalue weighted by atomic mass is 35.5. The minimum Gasteiger partial charge on any atom is -0.302 e. The number of carbonyl (C=O) groups excluding carboxylic acids is 1. The molecule has 1 aliphatic rings. The number of hydrogen-bond donors (Lipinski definition) is 1. The Morgan fingerprint density at radius 3 is 2.55 bits per heavy atom. The lowest BCUT2D eigenvalue weighted by molar-refractivity contribution is -0.120. The Morgan fingerprint density at radius 2 is 1.87 bits per heavy atom. The largest absolute Gasteiger partial charge is 0.302 e. The van der Waals surface area contributed by atoms with Gasteiger partial charge in [0.25, 0.3) is 10.0 Å². The smallest absolute Gasteiger partial charge is 0.252 e. The van der Waals surface area contributed by atoms with Gasteiger partial charge in [0.1, 0.15) is 4.21 Å². The number of sulfonamides is 1. The first-order chi connectivity index (χ1) is 14.7. The summed E-state index contributed by atoms with van der Waals surface area (Å²) in [6, 6.07) is 8.19. The number of hydrogen-bond acceptors (Lipinski definition) is 6. The van der Waals surface area contributed by atoms with Crippen LogP contribution >= 0.6 is 57.5 Å². The second-order valence-corrected chi connectivity index (χ2v) is 12.5. The highest BCUT2D eigenvalue weighted by Crippen LogP contribution is 2.34. The van der Waals surface area contributed by atoms with Crippen LogP contribution < -0.4 is 5.32 Å². The molecule has 0 unspecified atom stereocenters. The van der Waals surface area contributed by atoms with Crippen LogP contribution in [0.2, 0.25) is 14.4 Å². The Morgan fingerprint density at radius 1 is 1.13 bits per heavy atom. The van der Waals surface area contributed by atoms with E-state index < -0.39 is 10.0 Å². The SMILES string of the molecule is O=C(Nc1nc(-c2cc(Cl)ccc2Cl)cs1)C1CCN(S(=O)(=O)c2ccc(Cl)s2)CC1. The van der Waals surface area contributed by atoms with Gasteiger partial charge in [-0.25, -0.2) is 13.4 Å². The van der Waals surface area contributed by atoms with E-state index in [0.717, 1.165) is 11.3 Å². The molecule has 1 fully saturated rings. The molecule has 164 valence electrons. The van der Waals surface area contributed by atoms with Gasteiger partial charge in [0.05, 0.1) is 15.1 Å². The van der Waals surface area contributed by atoms with Gasteiger partial charge in [0, 0.05) is 35.0 Å². The number of halogens is 3. The standard InChI is InChI=1S/C19H16Cl3N3O3S3/c20-12-1-2-14(21)13(9-12)15-10-29-19(23-15)24-18(26)11-5-7-25(8-6-11)31(27,28)17-4-3-16(22)30-17/h1-4,9-11H,5-8H2,(H,23,24,26). The molecule has 0 saturated carbocycles. The number of thiazole rings is 1. The van der Waals surface area contributed by atoms with Gasteiger partial charge in [-0.3, -0.25) is 4.79 Å². The molecule has 0 radical (unpaired) electrons. The minimum absolute atomic E-state index is 0.172. The lowest BCUT2D eigenvalue weighted by Gasteiger charge is -2.29. The van der Waals surface area contributed by atoms with Crippen molar-refractivity contribution in [2.75, 3.05) is 18.4 Å². The van der Waals surface area contributed by atoms with Gasteiger partial charge in [0.2, 0.25) is 5.91 Å². The van der Waals surface area contributed by atoms with Gasteiger partial charge in [-0.2, -0.15) is 4.31 Å². The molecule has 1 N–H and O–H groups in total. The molecule has 3 aromatic rings. The molecular formula is C19H16Cl3N3O3S3. The summed E-state index contributed by atoms with van der Waals surface area (Å²) in [5.74, 6) is -0.463. The number of thiophene rings is 1. The van der Waals surface area contributed by atoms with E-state index in [2.05, 4.69) is 10.3 Å². The Hall–Kier alpha value is -1.20. The molecule has 2 aromatic heterocycles. The predicted octanol–water partition coefficient (Wildman–Crippen LogP) is 5.87. The summed E-state index contributed by atoms with van der Waals surface area (Å²) in [5.41, 5.74) is 1.32. The summed E-state index contributed by atoms with van der Waals surface area (Å²) in [5, 5.41) is 6.16. The number of piperidine rings is 1. The number of aromatic nitrogens is 1. The van der Waals surface area contributed by atoms with Crippen LogP contribution in [0.15, 0.2) is 39.9 Å². The molecule has 1 saturated heterocycles. The summed E-state index contributed by atoms with van der Waals surface area (Å²) in [6.45, 7) is 0.550. The van der Waals surface area contributed by atoms with Gasteiger partial charge >= 0.3 is 0 Å². The average Bonchev–Trinajstić information content (AvgIpc) is 3.39. The molecule has 1 aromatic carbocycles. The lowest BCUT2D eigenvalue weighted by atomic mass is 9.97. The van der Waals surface area contributed by atoms with Crippen LogP contribution in [0.5, 0.6) is 0 Å². The van der Waals surface area contributed by atoms with Crippen molar-refractivity contribution in [2.24, 2.45) is 5.92 Å². The topological polar surface area (TPSA) is 79.4 Å². The molecular weight excluding hydrogens is 521 g/mol. The first-order valence-corrected chi connectivity index (χ1v) is 13.5. The molecule has 0 spiro atoms. The maximum atomic E-state index is 12.7. The van der Waals surface area contributed by atoms with Crippen LogP contribution in [-0.2, 0) is 14.8 Å². The van der Waals surface area contributed by atoms with Crippen molar-refractivity contribution in [1.82, 2.24) is 9.29 Å². The molecule has 1 aliphatic heterocycles. The van der Waals surface area contributed by atoms with Crippen molar-refractivity contribution in [1.29, 1.82) is 0 Å². The Labute approximate surface area is 202 Å². The maximum absolute atomic E-state index is 12.7. The Balaban J connectivity index is 1.38. The van der Waals surface area contributed by atoms with Crippen LogP contribution in [-0.4, -0.2) is 36.7 Å². The van der Waals surface area contributed by atoms with Gasteiger partial charge in [-0.1, -0.05) is 34.8 Å². The predicted molar refractivity (Wildman–Crippen MR) is 127 cm³/mol. The quantitative estimate of drug-likeness (QED) is 0.442. The second-order valence-electron chi connectivity index (χ2n) is 6.89. The summed E-state index contributed by atoms with van der Waals surface area (Å²) in [4.78, 5) is 17.1. The van der Waals surface area contributed by atoms with Crippen molar-refractivity contribution >= 4 is 78.5 Å². The second kappa shape index (κ2) is 9.35. The fraction of sp³-hybridized carbons (Fsp3) is 0.263. The number of benzene rings is 1. The van der Waals surface area contributed by atoms with Crippen LogP contribution in [0, 0.1) is 5.92 Å². The third-order valence-electron chi connectivity index (χ3n) is 4.91. The third-order valence-corrected chi connectivity index (χ3v) is 9.83. The average molecular weight is 537 g/mol. The lowest BCUT2D eigenvalue weighted by Crippen LogP contribution is -2.41. The van der Waals surface area contributed by atoms with Crippen LogP contribution in [0.3, 0.4) is 0 Å². The molecule has 4 rings (SSSR count). The van der Waals surface area contributed by atoms with Crippen LogP contribution in [0.25, 0.3) is 11.3 Å². The monoisotopic (exact) mass is 535 g/mol. The summed E-state index contributed by atoms with van der Waals surface area (Å²) < 4.78 is 27.5. The Bertz CT molecular complexity index is 1220. The first-order valence-electron chi connectivity index (χ1n) is 9.21. The number of amides is 1. The molecule has 12 heteroatoms. The maximum Gasteiger partial charge on any atom is 0.252 e. The van der Waals surface area contributed by atoms with Gasteiger partial charge in [-0.05, 0) is 43.2 Å². The zero-order chi connectivity index (χ0) is 22.2. The third kappa shape index (κ3) is 5.08. The van der Waals surface area contributed by atoms with Gasteiger partial charge in [0.15, 0.2) is 5.13 Å². The van der Waals surface area contributed by atoms with E-state index in [9.17, 15) is 13.2 Å². The number of rotatable bonds is 5. The van der Waals surface area contributed by atoms with Crippen molar-refractivity contribution in [2.45, 2.75) is 17.1 Å².